The SMILES string of the molecule is CN(C)Cc1ccc(Cc2ncc3cc(/C=C/CCC(=O)c4cncn(Cc5ccsc5)c4=O)ccc3n2)cc1. The van der Waals surface area contributed by atoms with Crippen molar-refractivity contribution < 1.29 is 4.79 Å². The summed E-state index contributed by atoms with van der Waals surface area (Å²) in [6.45, 7) is 1.33. The van der Waals surface area contributed by atoms with Crippen molar-refractivity contribution in [2.75, 3.05) is 14.1 Å². The van der Waals surface area contributed by atoms with Gasteiger partial charge in [0.15, 0.2) is 5.78 Å². The number of thiophene rings is 1. The second-order valence-electron chi connectivity index (χ2n) is 10.1. The van der Waals surface area contributed by atoms with E-state index in [0.717, 1.165) is 34.4 Å². The Morgan fingerprint density at radius 3 is 2.62 bits per heavy atom. The quantitative estimate of drug-likeness (QED) is 0.199. The Kier molecular flexibility index (Phi) is 8.68. The third-order valence-corrected chi connectivity index (χ3v) is 7.25. The molecule has 0 fully saturated rings. The smallest absolute Gasteiger partial charge is 0.264 e. The van der Waals surface area contributed by atoms with Gasteiger partial charge < -0.3 is 4.90 Å². The lowest BCUT2D eigenvalue weighted by atomic mass is 10.1. The number of hydrogen-bond donors (Lipinski definition) is 0. The lowest BCUT2D eigenvalue weighted by molar-refractivity contribution is 0.0981. The summed E-state index contributed by atoms with van der Waals surface area (Å²) in [7, 11) is 4.13. The highest BCUT2D eigenvalue weighted by atomic mass is 32.1. The van der Waals surface area contributed by atoms with Crippen molar-refractivity contribution in [3.63, 3.8) is 0 Å². The standard InChI is InChI=1S/C32H31N5O2S/c1-36(2)19-25-9-7-24(8-10-25)16-31-34-17-27-15-23(11-12-29(27)35-31)5-3-4-6-30(38)28-18-33-22-37(32(28)39)20-26-13-14-40-21-26/h3,5,7-15,17-18,21-22H,4,6,16,19-20H2,1-2H3/b5-3+. The summed E-state index contributed by atoms with van der Waals surface area (Å²) in [5.74, 6) is 0.591. The van der Waals surface area contributed by atoms with Crippen LogP contribution in [-0.2, 0) is 19.5 Å². The molecule has 7 nitrogen and oxygen atoms in total. The summed E-state index contributed by atoms with van der Waals surface area (Å²) in [5, 5.41) is 4.91. The lowest BCUT2D eigenvalue weighted by Crippen LogP contribution is -2.26. The van der Waals surface area contributed by atoms with Crippen LogP contribution in [0.1, 0.15) is 51.3 Å². The van der Waals surface area contributed by atoms with E-state index >= 15 is 0 Å². The molecule has 2 aromatic carbocycles. The van der Waals surface area contributed by atoms with E-state index in [1.54, 1.807) is 11.3 Å². The van der Waals surface area contributed by atoms with Crippen LogP contribution in [0.5, 0.6) is 0 Å². The number of rotatable bonds is 11. The minimum Gasteiger partial charge on any atom is -0.305 e. The normalized spacial score (nSPS) is 11.6. The fourth-order valence-corrected chi connectivity index (χ4v) is 5.15. The van der Waals surface area contributed by atoms with Gasteiger partial charge in [-0.1, -0.05) is 42.5 Å². The van der Waals surface area contributed by atoms with Crippen LogP contribution in [0, 0.1) is 0 Å². The maximum absolute atomic E-state index is 12.8. The molecular formula is C32H31N5O2S. The van der Waals surface area contributed by atoms with Gasteiger partial charge >= 0.3 is 0 Å². The topological polar surface area (TPSA) is 81.0 Å². The zero-order chi connectivity index (χ0) is 27.9. The first kappa shape index (κ1) is 27.3. The van der Waals surface area contributed by atoms with E-state index in [1.807, 2.05) is 53.4 Å². The minimum absolute atomic E-state index is 0.134. The predicted octanol–water partition coefficient (Wildman–Crippen LogP) is 5.63. The molecule has 5 aromatic rings. The van der Waals surface area contributed by atoms with Gasteiger partial charge in [-0.05, 0) is 71.7 Å². The van der Waals surface area contributed by atoms with Gasteiger partial charge in [0.05, 0.1) is 18.4 Å². The van der Waals surface area contributed by atoms with E-state index in [4.69, 9.17) is 4.98 Å². The molecule has 0 bridgehead atoms. The summed E-state index contributed by atoms with van der Waals surface area (Å²) >= 11 is 1.57. The molecule has 0 spiro atoms. The van der Waals surface area contributed by atoms with Gasteiger partial charge in [0.25, 0.3) is 5.56 Å². The third kappa shape index (κ3) is 7.02. The maximum Gasteiger partial charge on any atom is 0.264 e. The molecule has 0 atom stereocenters. The third-order valence-electron chi connectivity index (χ3n) is 6.52. The van der Waals surface area contributed by atoms with E-state index in [-0.39, 0.29) is 23.3 Å². The summed E-state index contributed by atoms with van der Waals surface area (Å²) in [6.07, 6.45) is 10.1. The van der Waals surface area contributed by atoms with Gasteiger partial charge in [0, 0.05) is 37.2 Å². The zero-order valence-corrected chi connectivity index (χ0v) is 23.5. The second-order valence-corrected chi connectivity index (χ2v) is 10.9. The monoisotopic (exact) mass is 549 g/mol. The van der Waals surface area contributed by atoms with Crippen LogP contribution >= 0.6 is 11.3 Å². The molecule has 3 aromatic heterocycles. The Balaban J connectivity index is 1.18. The van der Waals surface area contributed by atoms with Gasteiger partial charge in [0.1, 0.15) is 11.4 Å². The Labute approximate surface area is 237 Å². The molecule has 0 aliphatic heterocycles. The Morgan fingerprint density at radius 1 is 1.02 bits per heavy atom. The zero-order valence-electron chi connectivity index (χ0n) is 22.7. The number of aromatic nitrogens is 4. The van der Waals surface area contributed by atoms with E-state index in [9.17, 15) is 9.59 Å². The van der Waals surface area contributed by atoms with Crippen LogP contribution in [0.2, 0.25) is 0 Å². The number of fused-ring (bicyclic) bond motifs is 1. The van der Waals surface area contributed by atoms with Crippen molar-refractivity contribution in [3.05, 3.63) is 128 Å². The molecule has 0 aliphatic carbocycles. The van der Waals surface area contributed by atoms with Crippen LogP contribution in [0.15, 0.2) is 88.9 Å². The molecule has 40 heavy (non-hydrogen) atoms. The predicted molar refractivity (Wildman–Crippen MR) is 161 cm³/mol. The first-order valence-electron chi connectivity index (χ1n) is 13.2. The number of carbonyl (C=O) groups is 1. The molecular weight excluding hydrogens is 518 g/mol. The van der Waals surface area contributed by atoms with E-state index < -0.39 is 0 Å². The fraction of sp³-hybridized carbons (Fsp3) is 0.219. The van der Waals surface area contributed by atoms with Gasteiger partial charge in [-0.2, -0.15) is 11.3 Å². The summed E-state index contributed by atoms with van der Waals surface area (Å²) in [4.78, 5) is 41.1. The Bertz CT molecular complexity index is 1690. The molecule has 0 saturated carbocycles. The van der Waals surface area contributed by atoms with Gasteiger partial charge in [0.2, 0.25) is 0 Å². The van der Waals surface area contributed by atoms with E-state index in [2.05, 4.69) is 53.2 Å². The van der Waals surface area contributed by atoms with Crippen LogP contribution in [0.25, 0.3) is 17.0 Å². The molecule has 0 N–H and O–H groups in total. The summed E-state index contributed by atoms with van der Waals surface area (Å²) in [6, 6.07) is 16.6. The Morgan fingerprint density at radius 2 is 1.85 bits per heavy atom. The van der Waals surface area contributed by atoms with Gasteiger partial charge in [-0.3, -0.25) is 14.2 Å². The minimum atomic E-state index is -0.301. The Hall–Kier alpha value is -4.27. The van der Waals surface area contributed by atoms with E-state index in [0.29, 0.717) is 19.4 Å². The maximum atomic E-state index is 12.8. The molecule has 3 heterocycles. The van der Waals surface area contributed by atoms with Crippen LogP contribution < -0.4 is 5.56 Å². The van der Waals surface area contributed by atoms with Gasteiger partial charge in [-0.25, -0.2) is 15.0 Å². The first-order chi connectivity index (χ1) is 19.4. The number of carbonyl (C=O) groups excluding carboxylic acids is 1. The molecule has 0 saturated heterocycles. The number of benzene rings is 2. The average molecular weight is 550 g/mol. The molecule has 5 rings (SSSR count). The number of allylic oxidation sites excluding steroid dienone is 1. The first-order valence-corrected chi connectivity index (χ1v) is 14.1. The molecule has 0 radical (unpaired) electrons. The number of ketones is 1. The van der Waals surface area contributed by atoms with Crippen molar-refractivity contribution in [1.82, 2.24) is 24.4 Å². The molecule has 8 heteroatoms. The molecule has 0 aliphatic rings. The van der Waals surface area contributed by atoms with Crippen LogP contribution in [-0.4, -0.2) is 44.3 Å². The van der Waals surface area contributed by atoms with E-state index in [1.165, 1.54) is 28.2 Å². The average Bonchev–Trinajstić information content (AvgIpc) is 3.46. The van der Waals surface area contributed by atoms with Crippen molar-refractivity contribution in [3.8, 4) is 0 Å². The number of nitrogens with zero attached hydrogens (tertiary/aromatic N) is 5. The second kappa shape index (κ2) is 12.7. The summed E-state index contributed by atoms with van der Waals surface area (Å²) in [5.41, 5.74) is 5.22. The molecule has 202 valence electrons. The van der Waals surface area contributed by atoms with Crippen LogP contribution in [0.4, 0.5) is 0 Å². The van der Waals surface area contributed by atoms with Crippen molar-refractivity contribution >= 4 is 34.1 Å². The summed E-state index contributed by atoms with van der Waals surface area (Å²) < 4.78 is 1.48. The van der Waals surface area contributed by atoms with Crippen molar-refractivity contribution in [2.24, 2.45) is 0 Å². The fourth-order valence-electron chi connectivity index (χ4n) is 4.49. The van der Waals surface area contributed by atoms with Crippen molar-refractivity contribution in [1.29, 1.82) is 0 Å². The number of hydrogen-bond acceptors (Lipinski definition) is 7. The number of Topliss-reactive ketones (excluding diaryl/α,β-unsaturated/α-hetero) is 1. The largest absolute Gasteiger partial charge is 0.305 e. The van der Waals surface area contributed by atoms with Crippen molar-refractivity contribution in [2.45, 2.75) is 32.4 Å². The highest BCUT2D eigenvalue weighted by molar-refractivity contribution is 7.07. The molecule has 0 amide bonds. The highest BCUT2D eigenvalue weighted by Gasteiger charge is 2.12. The highest BCUT2D eigenvalue weighted by Crippen LogP contribution is 2.17. The molecule has 0 unspecified atom stereocenters. The van der Waals surface area contributed by atoms with Crippen LogP contribution in [0.3, 0.4) is 0 Å². The van der Waals surface area contributed by atoms with Gasteiger partial charge in [-0.15, -0.1) is 0 Å². The lowest BCUT2D eigenvalue weighted by Gasteiger charge is -2.10.